The second-order valence-electron chi connectivity index (χ2n) is 8.88. The van der Waals surface area contributed by atoms with Gasteiger partial charge in [-0.2, -0.15) is 0 Å². The van der Waals surface area contributed by atoms with Crippen LogP contribution in [0.3, 0.4) is 0 Å². The number of anilines is 3. The highest BCUT2D eigenvalue weighted by Gasteiger charge is 2.40. The van der Waals surface area contributed by atoms with Crippen molar-refractivity contribution in [2.75, 3.05) is 42.9 Å². The zero-order chi connectivity index (χ0) is 25.2. The van der Waals surface area contributed by atoms with Gasteiger partial charge in [0.15, 0.2) is 0 Å². The van der Waals surface area contributed by atoms with Gasteiger partial charge in [0, 0.05) is 45.1 Å². The summed E-state index contributed by atoms with van der Waals surface area (Å²) in [7, 11) is 8.06. The van der Waals surface area contributed by atoms with Gasteiger partial charge < -0.3 is 9.80 Å². The Morgan fingerprint density at radius 3 is 2.03 bits per heavy atom. The first-order chi connectivity index (χ1) is 17.4. The van der Waals surface area contributed by atoms with E-state index in [1.54, 1.807) is 16.7 Å². The van der Waals surface area contributed by atoms with Crippen LogP contribution < -0.4 is 14.7 Å². The Morgan fingerprint density at radius 1 is 0.806 bits per heavy atom. The van der Waals surface area contributed by atoms with Crippen LogP contribution in [0, 0.1) is 0 Å². The molecule has 36 heavy (non-hydrogen) atoms. The first-order valence-corrected chi connectivity index (χ1v) is 13.3. The first-order valence-electron chi connectivity index (χ1n) is 11.6. The average molecular weight is 514 g/mol. The van der Waals surface area contributed by atoms with E-state index in [2.05, 4.69) is 56.4 Å². The van der Waals surface area contributed by atoms with Crippen molar-refractivity contribution in [3.05, 3.63) is 94.9 Å². The fourth-order valence-electron chi connectivity index (χ4n) is 3.92. The highest BCUT2D eigenvalue weighted by Crippen LogP contribution is 2.49. The molecule has 3 aromatic carbocycles. The Bertz CT molecular complexity index is 1380. The molecule has 1 saturated heterocycles. The van der Waals surface area contributed by atoms with Crippen molar-refractivity contribution < 1.29 is 4.79 Å². The molecule has 0 bridgehead atoms. The van der Waals surface area contributed by atoms with Gasteiger partial charge in [-0.3, -0.25) is 9.69 Å². The number of nitrogens with zero attached hydrogens (tertiary/aromatic N) is 5. The fourth-order valence-corrected chi connectivity index (χ4v) is 6.10. The number of rotatable bonds is 6. The maximum absolute atomic E-state index is 13.7. The predicted molar refractivity (Wildman–Crippen MR) is 153 cm³/mol. The Morgan fingerprint density at radius 2 is 1.42 bits per heavy atom. The summed E-state index contributed by atoms with van der Waals surface area (Å²) in [4.78, 5) is 20.3. The molecule has 182 valence electrons. The maximum atomic E-state index is 13.7. The van der Waals surface area contributed by atoms with Crippen molar-refractivity contribution in [1.29, 1.82) is 0 Å². The molecule has 1 aliphatic heterocycles. The van der Waals surface area contributed by atoms with Crippen LogP contribution in [0.2, 0.25) is 0 Å². The number of thioether (sulfide) groups is 1. The Balaban J connectivity index is 1.52. The quantitative estimate of drug-likeness (QED) is 0.288. The van der Waals surface area contributed by atoms with Crippen LogP contribution >= 0.6 is 23.1 Å². The van der Waals surface area contributed by atoms with Crippen molar-refractivity contribution in [1.82, 2.24) is 10.2 Å². The van der Waals surface area contributed by atoms with E-state index in [0.717, 1.165) is 33.1 Å². The molecular formula is C28H27N5OS2. The molecule has 2 heterocycles. The Hall–Kier alpha value is -3.62. The summed E-state index contributed by atoms with van der Waals surface area (Å²) in [5.41, 5.74) is 5.25. The van der Waals surface area contributed by atoms with E-state index >= 15 is 0 Å². The highest BCUT2D eigenvalue weighted by atomic mass is 32.2. The van der Waals surface area contributed by atoms with E-state index in [-0.39, 0.29) is 11.3 Å². The Labute approximate surface area is 219 Å². The minimum Gasteiger partial charge on any atom is -0.378 e. The molecule has 0 spiro atoms. The van der Waals surface area contributed by atoms with Gasteiger partial charge in [0.05, 0.1) is 4.91 Å². The second-order valence-corrected chi connectivity index (χ2v) is 11.0. The average Bonchev–Trinajstić information content (AvgIpc) is 3.50. The maximum Gasteiger partial charge on any atom is 0.267 e. The third-order valence-corrected chi connectivity index (χ3v) is 8.17. The van der Waals surface area contributed by atoms with E-state index in [1.807, 2.05) is 76.7 Å². The zero-order valence-electron chi connectivity index (χ0n) is 20.6. The molecule has 1 atom stereocenters. The van der Waals surface area contributed by atoms with Gasteiger partial charge in [0.1, 0.15) is 10.4 Å². The van der Waals surface area contributed by atoms with Crippen molar-refractivity contribution in [2.45, 2.75) is 5.37 Å². The third kappa shape index (κ3) is 4.87. The van der Waals surface area contributed by atoms with Crippen LogP contribution in [0.4, 0.5) is 16.5 Å². The van der Waals surface area contributed by atoms with Gasteiger partial charge in [0.25, 0.3) is 5.91 Å². The summed E-state index contributed by atoms with van der Waals surface area (Å²) in [5.74, 6) is -0.0610. The fraction of sp³-hybridized carbons (Fsp3) is 0.179. The van der Waals surface area contributed by atoms with Crippen molar-refractivity contribution in [3.8, 4) is 10.6 Å². The van der Waals surface area contributed by atoms with Crippen molar-refractivity contribution >= 4 is 51.6 Å². The van der Waals surface area contributed by atoms with E-state index in [9.17, 15) is 4.79 Å². The minimum atomic E-state index is -0.224. The van der Waals surface area contributed by atoms with Crippen LogP contribution in [-0.4, -0.2) is 44.3 Å². The lowest BCUT2D eigenvalue weighted by Gasteiger charge is -2.21. The summed E-state index contributed by atoms with van der Waals surface area (Å²) < 4.78 is 0. The number of carbonyl (C=O) groups is 1. The second kappa shape index (κ2) is 10.2. The van der Waals surface area contributed by atoms with Gasteiger partial charge in [-0.1, -0.05) is 77.7 Å². The molecule has 1 fully saturated rings. The molecule has 6 nitrogen and oxygen atoms in total. The standard InChI is InChI=1S/C28H27N5OS2/c1-31(2)22-14-10-19(11-15-22)18-24-26(34)33(27(35-24)21-12-16-23(17-13-21)32(3)4)28-30-29-25(36-28)20-8-6-5-7-9-20/h5-18,27H,1-4H3/b24-18-. The van der Waals surface area contributed by atoms with E-state index in [1.165, 1.54) is 11.3 Å². The monoisotopic (exact) mass is 513 g/mol. The molecule has 1 unspecified atom stereocenters. The zero-order valence-corrected chi connectivity index (χ0v) is 22.3. The van der Waals surface area contributed by atoms with Crippen LogP contribution in [0.5, 0.6) is 0 Å². The van der Waals surface area contributed by atoms with Crippen LogP contribution in [0.1, 0.15) is 16.5 Å². The number of carbonyl (C=O) groups excluding carboxylic acids is 1. The predicted octanol–water partition coefficient (Wildman–Crippen LogP) is 6.16. The topological polar surface area (TPSA) is 52.6 Å². The van der Waals surface area contributed by atoms with Gasteiger partial charge in [-0.05, 0) is 41.5 Å². The van der Waals surface area contributed by atoms with E-state index in [0.29, 0.717) is 10.0 Å². The molecule has 0 radical (unpaired) electrons. The number of amides is 1. The first kappa shape index (κ1) is 24.1. The highest BCUT2D eigenvalue weighted by molar-refractivity contribution is 8.05. The molecular weight excluding hydrogens is 486 g/mol. The largest absolute Gasteiger partial charge is 0.378 e. The van der Waals surface area contributed by atoms with Gasteiger partial charge in [0.2, 0.25) is 5.13 Å². The Kier molecular flexibility index (Phi) is 6.80. The normalized spacial score (nSPS) is 16.6. The van der Waals surface area contributed by atoms with Gasteiger partial charge in [-0.15, -0.1) is 10.2 Å². The molecule has 0 saturated carbocycles. The summed E-state index contributed by atoms with van der Waals surface area (Å²) >= 11 is 2.99. The number of hydrogen-bond donors (Lipinski definition) is 0. The van der Waals surface area contributed by atoms with Crippen LogP contribution in [0.25, 0.3) is 16.6 Å². The SMILES string of the molecule is CN(C)c1ccc(/C=C2\SC(c3ccc(N(C)C)cc3)N(c3nnc(-c4ccccc4)s3)C2=O)cc1. The summed E-state index contributed by atoms with van der Waals surface area (Å²) in [5, 5.41) is 10.0. The molecule has 5 rings (SSSR count). The molecule has 0 N–H and O–H groups in total. The van der Waals surface area contributed by atoms with E-state index < -0.39 is 0 Å². The molecule has 0 aliphatic carbocycles. The minimum absolute atomic E-state index is 0.0610. The third-order valence-electron chi connectivity index (χ3n) is 5.95. The van der Waals surface area contributed by atoms with Crippen molar-refractivity contribution in [2.24, 2.45) is 0 Å². The van der Waals surface area contributed by atoms with Gasteiger partial charge in [-0.25, -0.2) is 0 Å². The number of benzene rings is 3. The summed E-state index contributed by atoms with van der Waals surface area (Å²) in [6.45, 7) is 0. The molecule has 1 amide bonds. The number of hydrogen-bond acceptors (Lipinski definition) is 7. The lowest BCUT2D eigenvalue weighted by molar-refractivity contribution is -0.114. The molecule has 1 aromatic heterocycles. The summed E-state index contributed by atoms with van der Waals surface area (Å²) in [6, 6.07) is 26.5. The molecule has 8 heteroatoms. The lowest BCUT2D eigenvalue weighted by Crippen LogP contribution is -2.27. The lowest BCUT2D eigenvalue weighted by atomic mass is 10.1. The smallest absolute Gasteiger partial charge is 0.267 e. The molecule has 4 aromatic rings. The van der Waals surface area contributed by atoms with Gasteiger partial charge >= 0.3 is 0 Å². The van der Waals surface area contributed by atoms with Crippen molar-refractivity contribution in [3.63, 3.8) is 0 Å². The molecule has 1 aliphatic rings. The summed E-state index contributed by atoms with van der Waals surface area (Å²) in [6.07, 6.45) is 1.97. The van der Waals surface area contributed by atoms with Crippen LogP contribution in [0.15, 0.2) is 83.8 Å². The number of aromatic nitrogens is 2. The van der Waals surface area contributed by atoms with Crippen LogP contribution in [-0.2, 0) is 4.79 Å². The van der Waals surface area contributed by atoms with E-state index in [4.69, 9.17) is 0 Å².